The number of rotatable bonds is 8. The molecule has 3 aromatic rings. The standard InChI is InChI=1S/C23H20FNO5S/c1-2-29-23(28)21-17(15-8-4-3-5-9-15)14-31-22(21)25-19(26)13-30-20(27)12-16-10-6-7-11-18(16)24/h3-11,14H,2,12-13H2,1H3,(H,25,26). The molecular formula is C23H20FNO5S. The number of carbonyl (C=O) groups is 3. The first-order chi connectivity index (χ1) is 15.0. The highest BCUT2D eigenvalue weighted by molar-refractivity contribution is 7.15. The van der Waals surface area contributed by atoms with E-state index in [-0.39, 0.29) is 24.2 Å². The highest BCUT2D eigenvalue weighted by atomic mass is 32.1. The summed E-state index contributed by atoms with van der Waals surface area (Å²) in [5.41, 5.74) is 1.86. The first-order valence-corrected chi connectivity index (χ1v) is 10.4. The van der Waals surface area contributed by atoms with Gasteiger partial charge in [0.1, 0.15) is 16.4 Å². The number of amides is 1. The molecule has 160 valence electrons. The van der Waals surface area contributed by atoms with E-state index in [1.54, 1.807) is 18.4 Å². The zero-order chi connectivity index (χ0) is 22.2. The number of nitrogens with one attached hydrogen (secondary N) is 1. The molecule has 1 heterocycles. The maximum absolute atomic E-state index is 13.6. The molecule has 1 amide bonds. The molecule has 0 saturated carbocycles. The third kappa shape index (κ3) is 5.76. The summed E-state index contributed by atoms with van der Waals surface area (Å²) in [6, 6.07) is 15.1. The topological polar surface area (TPSA) is 81.7 Å². The predicted octanol–water partition coefficient (Wildman–Crippen LogP) is 4.46. The molecule has 0 fully saturated rings. The Morgan fingerprint density at radius 2 is 1.71 bits per heavy atom. The molecule has 6 nitrogen and oxygen atoms in total. The van der Waals surface area contributed by atoms with Crippen molar-refractivity contribution in [1.29, 1.82) is 0 Å². The Bertz CT molecular complexity index is 1080. The van der Waals surface area contributed by atoms with Gasteiger partial charge in [0.25, 0.3) is 5.91 Å². The zero-order valence-electron chi connectivity index (χ0n) is 16.7. The van der Waals surface area contributed by atoms with Crippen molar-refractivity contribution in [3.05, 3.63) is 76.9 Å². The molecule has 0 aliphatic carbocycles. The number of anilines is 1. The van der Waals surface area contributed by atoms with E-state index in [2.05, 4.69) is 5.32 Å². The fourth-order valence-corrected chi connectivity index (χ4v) is 3.82. The maximum atomic E-state index is 13.6. The third-order valence-corrected chi connectivity index (χ3v) is 5.16. The normalized spacial score (nSPS) is 10.4. The SMILES string of the molecule is CCOC(=O)c1c(-c2ccccc2)csc1NC(=O)COC(=O)Cc1ccccc1F. The third-order valence-electron chi connectivity index (χ3n) is 4.27. The number of thiophene rings is 1. The van der Waals surface area contributed by atoms with E-state index < -0.39 is 30.3 Å². The second-order valence-corrected chi connectivity index (χ2v) is 7.30. The average molecular weight is 441 g/mol. The average Bonchev–Trinajstić information content (AvgIpc) is 3.18. The van der Waals surface area contributed by atoms with Crippen LogP contribution in [-0.4, -0.2) is 31.1 Å². The summed E-state index contributed by atoms with van der Waals surface area (Å²) in [6.45, 7) is 1.32. The lowest BCUT2D eigenvalue weighted by atomic mass is 10.0. The van der Waals surface area contributed by atoms with Gasteiger partial charge in [-0.3, -0.25) is 9.59 Å². The Balaban J connectivity index is 1.68. The summed E-state index contributed by atoms with van der Waals surface area (Å²) in [6.07, 6.45) is -0.287. The van der Waals surface area contributed by atoms with E-state index in [0.29, 0.717) is 10.6 Å². The van der Waals surface area contributed by atoms with Crippen LogP contribution in [0.5, 0.6) is 0 Å². The lowest BCUT2D eigenvalue weighted by Crippen LogP contribution is -2.22. The first-order valence-electron chi connectivity index (χ1n) is 9.52. The van der Waals surface area contributed by atoms with Crippen molar-refractivity contribution >= 4 is 34.2 Å². The Hall–Kier alpha value is -3.52. The first kappa shape index (κ1) is 22.2. The van der Waals surface area contributed by atoms with Crippen LogP contribution in [0.2, 0.25) is 0 Å². The Morgan fingerprint density at radius 3 is 2.42 bits per heavy atom. The van der Waals surface area contributed by atoms with Crippen LogP contribution < -0.4 is 5.32 Å². The monoisotopic (exact) mass is 441 g/mol. The van der Waals surface area contributed by atoms with Gasteiger partial charge in [0.15, 0.2) is 6.61 Å². The van der Waals surface area contributed by atoms with E-state index in [0.717, 1.165) is 5.56 Å². The highest BCUT2D eigenvalue weighted by Crippen LogP contribution is 2.36. The molecule has 8 heteroatoms. The minimum absolute atomic E-state index is 0.184. The second-order valence-electron chi connectivity index (χ2n) is 6.42. The lowest BCUT2D eigenvalue weighted by Gasteiger charge is -2.09. The van der Waals surface area contributed by atoms with Crippen molar-refractivity contribution in [2.45, 2.75) is 13.3 Å². The molecule has 0 saturated heterocycles. The maximum Gasteiger partial charge on any atom is 0.341 e. The smallest absolute Gasteiger partial charge is 0.341 e. The van der Waals surface area contributed by atoms with Gasteiger partial charge in [-0.25, -0.2) is 9.18 Å². The molecule has 0 aliphatic rings. The number of ether oxygens (including phenoxy) is 2. The van der Waals surface area contributed by atoms with Crippen molar-refractivity contribution in [2.24, 2.45) is 0 Å². The summed E-state index contributed by atoms with van der Waals surface area (Å²) < 4.78 is 23.7. The quantitative estimate of drug-likeness (QED) is 0.522. The summed E-state index contributed by atoms with van der Waals surface area (Å²) in [7, 11) is 0. The van der Waals surface area contributed by atoms with Crippen LogP contribution in [0.1, 0.15) is 22.8 Å². The largest absolute Gasteiger partial charge is 0.462 e. The summed E-state index contributed by atoms with van der Waals surface area (Å²) in [4.78, 5) is 36.8. The van der Waals surface area contributed by atoms with Gasteiger partial charge in [-0.05, 0) is 24.1 Å². The Morgan fingerprint density at radius 1 is 1.00 bits per heavy atom. The van der Waals surface area contributed by atoms with Gasteiger partial charge < -0.3 is 14.8 Å². The summed E-state index contributed by atoms with van der Waals surface area (Å²) >= 11 is 1.17. The molecule has 0 bridgehead atoms. The Kier molecular flexibility index (Phi) is 7.50. The van der Waals surface area contributed by atoms with Crippen molar-refractivity contribution in [3.8, 4) is 11.1 Å². The van der Waals surface area contributed by atoms with E-state index in [1.807, 2.05) is 30.3 Å². The van der Waals surface area contributed by atoms with Crippen molar-refractivity contribution in [3.63, 3.8) is 0 Å². The molecule has 0 aliphatic heterocycles. The highest BCUT2D eigenvalue weighted by Gasteiger charge is 2.23. The molecule has 0 unspecified atom stereocenters. The fourth-order valence-electron chi connectivity index (χ4n) is 2.84. The minimum Gasteiger partial charge on any atom is -0.462 e. The molecule has 0 spiro atoms. The molecule has 3 rings (SSSR count). The van der Waals surface area contributed by atoms with Gasteiger partial charge in [0.2, 0.25) is 0 Å². The van der Waals surface area contributed by atoms with Crippen molar-refractivity contribution in [2.75, 3.05) is 18.5 Å². The molecular weight excluding hydrogens is 421 g/mol. The van der Waals surface area contributed by atoms with E-state index in [1.165, 1.54) is 29.5 Å². The molecule has 0 radical (unpaired) electrons. The molecule has 1 aromatic heterocycles. The van der Waals surface area contributed by atoms with Crippen LogP contribution in [-0.2, 0) is 25.5 Å². The van der Waals surface area contributed by atoms with Gasteiger partial charge in [0, 0.05) is 10.9 Å². The number of benzene rings is 2. The van der Waals surface area contributed by atoms with Crippen LogP contribution in [0.25, 0.3) is 11.1 Å². The van der Waals surface area contributed by atoms with Crippen LogP contribution in [0, 0.1) is 5.82 Å². The van der Waals surface area contributed by atoms with Gasteiger partial charge in [-0.1, -0.05) is 48.5 Å². The second kappa shape index (κ2) is 10.5. The van der Waals surface area contributed by atoms with E-state index in [9.17, 15) is 18.8 Å². The summed E-state index contributed by atoms with van der Waals surface area (Å²) in [5.74, 6) is -2.43. The van der Waals surface area contributed by atoms with E-state index >= 15 is 0 Å². The zero-order valence-corrected chi connectivity index (χ0v) is 17.5. The van der Waals surface area contributed by atoms with Gasteiger partial charge in [-0.15, -0.1) is 11.3 Å². The van der Waals surface area contributed by atoms with Gasteiger partial charge in [-0.2, -0.15) is 0 Å². The number of hydrogen-bond acceptors (Lipinski definition) is 6. The number of halogens is 1. The number of hydrogen-bond donors (Lipinski definition) is 1. The lowest BCUT2D eigenvalue weighted by molar-refractivity contribution is -0.146. The van der Waals surface area contributed by atoms with Gasteiger partial charge in [0.05, 0.1) is 13.0 Å². The van der Waals surface area contributed by atoms with Crippen molar-refractivity contribution in [1.82, 2.24) is 0 Å². The van der Waals surface area contributed by atoms with E-state index in [4.69, 9.17) is 9.47 Å². The number of esters is 2. The van der Waals surface area contributed by atoms with Crippen LogP contribution in [0.4, 0.5) is 9.39 Å². The van der Waals surface area contributed by atoms with Gasteiger partial charge >= 0.3 is 11.9 Å². The molecule has 0 atom stereocenters. The number of carbonyl (C=O) groups excluding carboxylic acids is 3. The van der Waals surface area contributed by atoms with Crippen LogP contribution in [0.3, 0.4) is 0 Å². The summed E-state index contributed by atoms with van der Waals surface area (Å²) in [5, 5.41) is 4.65. The fraction of sp³-hybridized carbons (Fsp3) is 0.174. The molecule has 2 aromatic carbocycles. The molecule has 31 heavy (non-hydrogen) atoms. The van der Waals surface area contributed by atoms with Crippen LogP contribution >= 0.6 is 11.3 Å². The minimum atomic E-state index is -0.734. The van der Waals surface area contributed by atoms with Crippen LogP contribution in [0.15, 0.2) is 60.0 Å². The van der Waals surface area contributed by atoms with Crippen molar-refractivity contribution < 1.29 is 28.2 Å². The Labute approximate surface area is 182 Å². The predicted molar refractivity (Wildman–Crippen MR) is 115 cm³/mol. The molecule has 1 N–H and O–H groups in total.